The number of benzene rings is 1. The first-order valence-electron chi connectivity index (χ1n) is 11.6. The van der Waals surface area contributed by atoms with Gasteiger partial charge in [0, 0.05) is 43.0 Å². The van der Waals surface area contributed by atoms with Crippen molar-refractivity contribution in [2.75, 3.05) is 24.5 Å². The molecular formula is C24H34IN5OS. The molecule has 1 aliphatic carbocycles. The van der Waals surface area contributed by atoms with Crippen molar-refractivity contribution in [3.63, 3.8) is 0 Å². The molecule has 32 heavy (non-hydrogen) atoms. The second kappa shape index (κ2) is 12.5. The quantitative estimate of drug-likeness (QED) is 0.214. The maximum atomic E-state index is 11.9. The normalized spacial score (nSPS) is 16.0. The van der Waals surface area contributed by atoms with Crippen molar-refractivity contribution in [1.82, 2.24) is 15.6 Å². The number of hydrogen-bond donors (Lipinski definition) is 2. The van der Waals surface area contributed by atoms with Gasteiger partial charge in [0.15, 0.2) is 5.96 Å². The van der Waals surface area contributed by atoms with Gasteiger partial charge < -0.3 is 15.5 Å². The monoisotopic (exact) mass is 567 g/mol. The maximum Gasteiger partial charge on any atom is 0.227 e. The molecule has 1 aromatic carbocycles. The summed E-state index contributed by atoms with van der Waals surface area (Å²) in [5.74, 6) is 1.07. The number of carbonyl (C=O) groups excluding carboxylic acids is 1. The molecule has 1 saturated heterocycles. The highest BCUT2D eigenvalue weighted by molar-refractivity contribution is 14.0. The molecule has 0 spiro atoms. The van der Waals surface area contributed by atoms with Crippen molar-refractivity contribution < 1.29 is 4.79 Å². The fraction of sp³-hybridized carbons (Fsp3) is 0.542. The summed E-state index contributed by atoms with van der Waals surface area (Å²) in [5, 5.41) is 8.06. The van der Waals surface area contributed by atoms with E-state index in [1.807, 2.05) is 28.4 Å². The number of aliphatic imine (C=N–C) groups is 1. The average molecular weight is 568 g/mol. The molecule has 8 heteroatoms. The number of hydrogen-bond acceptors (Lipinski definition) is 4. The molecule has 0 atom stereocenters. The molecule has 0 unspecified atom stereocenters. The molecule has 2 heterocycles. The molecule has 0 bridgehead atoms. The number of nitrogens with zero attached hydrogens (tertiary/aromatic N) is 3. The van der Waals surface area contributed by atoms with Gasteiger partial charge in [-0.3, -0.25) is 4.79 Å². The van der Waals surface area contributed by atoms with E-state index in [1.165, 1.54) is 34.8 Å². The second-order valence-corrected chi connectivity index (χ2v) is 9.39. The number of aromatic nitrogens is 1. The third-order valence-electron chi connectivity index (χ3n) is 5.84. The summed E-state index contributed by atoms with van der Waals surface area (Å²) in [5.41, 5.74) is 3.49. The second-order valence-electron chi connectivity index (χ2n) is 8.23. The molecule has 174 valence electrons. The van der Waals surface area contributed by atoms with Crippen LogP contribution < -0.4 is 15.5 Å². The number of thiazole rings is 1. The van der Waals surface area contributed by atoms with Crippen LogP contribution in [0.25, 0.3) is 0 Å². The lowest BCUT2D eigenvalue weighted by Crippen LogP contribution is -2.37. The molecule has 0 radical (unpaired) electrons. The van der Waals surface area contributed by atoms with Gasteiger partial charge in [0.05, 0.1) is 17.2 Å². The van der Waals surface area contributed by atoms with Crippen molar-refractivity contribution in [2.45, 2.75) is 64.8 Å². The SMILES string of the molecule is CCNC(=NCc1ccc(N2CCCC2=O)cc1)NCCCc1nc2c(s1)CCCC2.I. The first-order valence-corrected chi connectivity index (χ1v) is 12.4. The first-order chi connectivity index (χ1) is 15.2. The summed E-state index contributed by atoms with van der Waals surface area (Å²) in [6, 6.07) is 8.20. The van der Waals surface area contributed by atoms with Crippen LogP contribution in [0.5, 0.6) is 0 Å². The molecule has 4 rings (SSSR count). The van der Waals surface area contributed by atoms with Crippen molar-refractivity contribution in [2.24, 2.45) is 4.99 Å². The maximum absolute atomic E-state index is 11.9. The summed E-state index contributed by atoms with van der Waals surface area (Å²) in [7, 11) is 0. The Bertz CT molecular complexity index is 888. The lowest BCUT2D eigenvalue weighted by molar-refractivity contribution is -0.117. The number of halogens is 1. The number of amides is 1. The van der Waals surface area contributed by atoms with Crippen LogP contribution >= 0.6 is 35.3 Å². The van der Waals surface area contributed by atoms with Crippen LogP contribution in [0.2, 0.25) is 0 Å². The molecule has 1 fully saturated rings. The van der Waals surface area contributed by atoms with E-state index in [1.54, 1.807) is 0 Å². The minimum atomic E-state index is 0. The van der Waals surface area contributed by atoms with Gasteiger partial charge in [0.25, 0.3) is 0 Å². The Hall–Kier alpha value is -1.68. The van der Waals surface area contributed by atoms with E-state index < -0.39 is 0 Å². The largest absolute Gasteiger partial charge is 0.357 e. The number of aryl methyl sites for hydroxylation is 3. The van der Waals surface area contributed by atoms with Gasteiger partial charge in [-0.15, -0.1) is 35.3 Å². The molecule has 1 amide bonds. The van der Waals surface area contributed by atoms with Crippen LogP contribution in [0.4, 0.5) is 5.69 Å². The van der Waals surface area contributed by atoms with E-state index in [2.05, 4.69) is 29.7 Å². The lowest BCUT2D eigenvalue weighted by atomic mass is 10.0. The van der Waals surface area contributed by atoms with Gasteiger partial charge in [-0.25, -0.2) is 9.98 Å². The number of rotatable bonds is 8. The Kier molecular flexibility index (Phi) is 9.77. The zero-order valence-electron chi connectivity index (χ0n) is 18.9. The fourth-order valence-electron chi connectivity index (χ4n) is 4.17. The van der Waals surface area contributed by atoms with Crippen LogP contribution in [0.15, 0.2) is 29.3 Å². The van der Waals surface area contributed by atoms with E-state index >= 15 is 0 Å². The number of nitrogens with one attached hydrogen (secondary N) is 2. The predicted octanol–water partition coefficient (Wildman–Crippen LogP) is 4.45. The van der Waals surface area contributed by atoms with Crippen molar-refractivity contribution in [3.05, 3.63) is 45.4 Å². The molecule has 1 aliphatic heterocycles. The van der Waals surface area contributed by atoms with Gasteiger partial charge in [0.2, 0.25) is 5.91 Å². The van der Waals surface area contributed by atoms with Gasteiger partial charge in [-0.05, 0) is 63.1 Å². The fourth-order valence-corrected chi connectivity index (χ4v) is 5.37. The Labute approximate surface area is 212 Å². The van der Waals surface area contributed by atoms with Crippen LogP contribution in [0, 0.1) is 0 Å². The zero-order chi connectivity index (χ0) is 21.5. The minimum Gasteiger partial charge on any atom is -0.357 e. The average Bonchev–Trinajstić information content (AvgIpc) is 3.41. The summed E-state index contributed by atoms with van der Waals surface area (Å²) < 4.78 is 0. The number of anilines is 1. The summed E-state index contributed by atoms with van der Waals surface area (Å²) in [4.78, 5) is 24.9. The van der Waals surface area contributed by atoms with E-state index in [9.17, 15) is 4.79 Å². The van der Waals surface area contributed by atoms with Gasteiger partial charge >= 0.3 is 0 Å². The molecule has 2 N–H and O–H groups in total. The Morgan fingerprint density at radius 1 is 1.12 bits per heavy atom. The van der Waals surface area contributed by atoms with Crippen molar-refractivity contribution >= 4 is 52.9 Å². The Balaban J connectivity index is 0.00000289. The highest BCUT2D eigenvalue weighted by Gasteiger charge is 2.21. The number of fused-ring (bicyclic) bond motifs is 1. The third-order valence-corrected chi connectivity index (χ3v) is 7.05. The van der Waals surface area contributed by atoms with Gasteiger partial charge in [-0.1, -0.05) is 12.1 Å². The molecule has 0 saturated carbocycles. The molecule has 2 aromatic rings. The zero-order valence-corrected chi connectivity index (χ0v) is 22.0. The van der Waals surface area contributed by atoms with E-state index in [4.69, 9.17) is 9.98 Å². The molecule has 6 nitrogen and oxygen atoms in total. The van der Waals surface area contributed by atoms with Crippen LogP contribution in [0.1, 0.15) is 60.2 Å². The van der Waals surface area contributed by atoms with E-state index in [0.717, 1.165) is 62.5 Å². The smallest absolute Gasteiger partial charge is 0.227 e. The van der Waals surface area contributed by atoms with Gasteiger partial charge in [0.1, 0.15) is 0 Å². The van der Waals surface area contributed by atoms with Crippen molar-refractivity contribution in [1.29, 1.82) is 0 Å². The summed E-state index contributed by atoms with van der Waals surface area (Å²) in [6.07, 6.45) is 8.68. The summed E-state index contributed by atoms with van der Waals surface area (Å²) in [6.45, 7) is 5.24. The molecule has 2 aliphatic rings. The topological polar surface area (TPSA) is 69.6 Å². The van der Waals surface area contributed by atoms with Crippen LogP contribution in [0.3, 0.4) is 0 Å². The Morgan fingerprint density at radius 3 is 2.66 bits per heavy atom. The van der Waals surface area contributed by atoms with Gasteiger partial charge in [-0.2, -0.15) is 0 Å². The molecular weight excluding hydrogens is 533 g/mol. The first kappa shape index (κ1) is 25.0. The van der Waals surface area contributed by atoms with E-state index in [-0.39, 0.29) is 29.9 Å². The molecule has 1 aromatic heterocycles. The standard InChI is InChI=1S/C24H33N5OS.HI/c1-2-25-24(26-15-5-9-22-28-20-7-3-4-8-21(20)31-22)27-17-18-11-13-19(14-12-18)29-16-6-10-23(29)30;/h11-14H,2-10,15-17H2,1H3,(H2,25,26,27);1H. The van der Waals surface area contributed by atoms with Crippen LogP contribution in [-0.4, -0.2) is 36.5 Å². The van der Waals surface area contributed by atoms with Crippen molar-refractivity contribution in [3.8, 4) is 0 Å². The predicted molar refractivity (Wildman–Crippen MR) is 143 cm³/mol. The highest BCUT2D eigenvalue weighted by atomic mass is 127. The third kappa shape index (κ3) is 6.66. The minimum absolute atomic E-state index is 0. The number of guanidine groups is 1. The Morgan fingerprint density at radius 2 is 1.94 bits per heavy atom. The number of carbonyl (C=O) groups is 1. The summed E-state index contributed by atoms with van der Waals surface area (Å²) >= 11 is 1.91. The highest BCUT2D eigenvalue weighted by Crippen LogP contribution is 2.27. The van der Waals surface area contributed by atoms with E-state index in [0.29, 0.717) is 13.0 Å². The lowest BCUT2D eigenvalue weighted by Gasteiger charge is -2.16. The van der Waals surface area contributed by atoms with Crippen LogP contribution in [-0.2, 0) is 30.6 Å².